The van der Waals surface area contributed by atoms with Gasteiger partial charge in [0.05, 0.1) is 16.8 Å². The number of hydrogen-bond acceptors (Lipinski definition) is 5. The molecule has 3 aromatic heterocycles. The van der Waals surface area contributed by atoms with Gasteiger partial charge >= 0.3 is 18.6 Å². The summed E-state index contributed by atoms with van der Waals surface area (Å²) in [4.78, 5) is 23.0. The second kappa shape index (κ2) is 11.6. The first-order chi connectivity index (χ1) is 19.9. The predicted octanol–water partition coefficient (Wildman–Crippen LogP) is 6.83. The zero-order valence-corrected chi connectivity index (χ0v) is 22.4. The predicted molar refractivity (Wildman–Crippen MR) is 143 cm³/mol. The lowest BCUT2D eigenvalue weighted by molar-refractivity contribution is -0.274. The first-order valence-corrected chi connectivity index (χ1v) is 13.0. The molecule has 42 heavy (non-hydrogen) atoms. The van der Waals surface area contributed by atoms with E-state index in [0.717, 1.165) is 12.3 Å². The number of halogens is 7. The van der Waals surface area contributed by atoms with Crippen LogP contribution < -0.4 is 10.1 Å². The van der Waals surface area contributed by atoms with Gasteiger partial charge in [-0.3, -0.25) is 14.5 Å². The molecule has 1 N–H and O–H groups in total. The van der Waals surface area contributed by atoms with Gasteiger partial charge in [0, 0.05) is 56.1 Å². The molecule has 220 valence electrons. The van der Waals surface area contributed by atoms with E-state index in [1.54, 1.807) is 30.4 Å². The molecular weight excluding hydrogens is 588 g/mol. The number of pyridine rings is 2. The fourth-order valence-electron chi connectivity index (χ4n) is 4.83. The van der Waals surface area contributed by atoms with E-state index in [-0.39, 0.29) is 29.1 Å². The Balaban J connectivity index is 1.41. The van der Waals surface area contributed by atoms with Crippen LogP contribution in [0.5, 0.6) is 5.75 Å². The van der Waals surface area contributed by atoms with E-state index in [2.05, 4.69) is 20.0 Å². The van der Waals surface area contributed by atoms with Crippen molar-refractivity contribution in [2.45, 2.75) is 32.0 Å². The molecule has 0 spiro atoms. The maximum atomic E-state index is 13.4. The Kier molecular flexibility index (Phi) is 8.15. The van der Waals surface area contributed by atoms with Crippen molar-refractivity contribution >= 4 is 34.6 Å². The number of alkyl halides is 6. The lowest BCUT2D eigenvalue weighted by atomic mass is 10.0. The average Bonchev–Trinajstić information content (AvgIpc) is 3.25. The molecule has 4 heterocycles. The highest BCUT2D eigenvalue weighted by Crippen LogP contribution is 2.39. The molecule has 0 aliphatic carbocycles. The van der Waals surface area contributed by atoms with E-state index in [1.165, 1.54) is 29.0 Å². The Hall–Kier alpha value is -4.10. The Labute approximate surface area is 240 Å². The lowest BCUT2D eigenvalue weighted by Gasteiger charge is -2.27. The van der Waals surface area contributed by atoms with Crippen molar-refractivity contribution in [2.24, 2.45) is 0 Å². The van der Waals surface area contributed by atoms with Crippen LogP contribution >= 0.6 is 11.6 Å². The maximum absolute atomic E-state index is 13.4. The Morgan fingerprint density at radius 2 is 1.90 bits per heavy atom. The minimum atomic E-state index is -4.95. The van der Waals surface area contributed by atoms with Crippen LogP contribution in [0.2, 0.25) is 5.15 Å². The van der Waals surface area contributed by atoms with Crippen LogP contribution in [-0.4, -0.2) is 44.9 Å². The summed E-state index contributed by atoms with van der Waals surface area (Å²) < 4.78 is 83.9. The molecule has 0 saturated heterocycles. The van der Waals surface area contributed by atoms with E-state index in [1.807, 2.05) is 4.90 Å². The number of benzene rings is 1. The number of nitrogens with zero attached hydrogens (tertiary/aromatic N) is 4. The number of amides is 1. The molecule has 7 nitrogen and oxygen atoms in total. The molecule has 4 aromatic rings. The zero-order valence-electron chi connectivity index (χ0n) is 21.6. The van der Waals surface area contributed by atoms with Crippen molar-refractivity contribution in [2.75, 3.05) is 13.1 Å². The minimum absolute atomic E-state index is 0.114. The maximum Gasteiger partial charge on any atom is 0.573 e. The molecule has 5 rings (SSSR count). The third kappa shape index (κ3) is 6.68. The molecular formula is C28H22ClF6N5O2. The summed E-state index contributed by atoms with van der Waals surface area (Å²) in [5, 5.41) is 3.21. The molecule has 1 aliphatic heterocycles. The third-order valence-electron chi connectivity index (χ3n) is 6.64. The number of aromatic nitrogens is 3. The Morgan fingerprint density at radius 1 is 1.10 bits per heavy atom. The van der Waals surface area contributed by atoms with E-state index >= 15 is 0 Å². The summed E-state index contributed by atoms with van der Waals surface area (Å²) in [6, 6.07) is 9.07. The van der Waals surface area contributed by atoms with Gasteiger partial charge in [-0.15, -0.1) is 13.2 Å². The molecule has 0 atom stereocenters. The van der Waals surface area contributed by atoms with Crippen molar-refractivity contribution in [1.29, 1.82) is 0 Å². The molecule has 0 fully saturated rings. The first-order valence-electron chi connectivity index (χ1n) is 12.6. The van der Waals surface area contributed by atoms with E-state index in [4.69, 9.17) is 11.6 Å². The van der Waals surface area contributed by atoms with Gasteiger partial charge in [0.15, 0.2) is 0 Å². The van der Waals surface area contributed by atoms with Crippen molar-refractivity contribution < 1.29 is 35.9 Å². The second-order valence-corrected chi connectivity index (χ2v) is 9.85. The largest absolute Gasteiger partial charge is 0.573 e. The van der Waals surface area contributed by atoms with E-state index in [9.17, 15) is 31.1 Å². The van der Waals surface area contributed by atoms with Crippen molar-refractivity contribution in [1.82, 2.24) is 24.8 Å². The summed E-state index contributed by atoms with van der Waals surface area (Å²) in [5.41, 5.74) is 1.49. The van der Waals surface area contributed by atoms with Gasteiger partial charge in [-0.1, -0.05) is 23.7 Å². The highest BCUT2D eigenvalue weighted by molar-refractivity contribution is 6.29. The van der Waals surface area contributed by atoms with Gasteiger partial charge in [-0.05, 0) is 53.6 Å². The van der Waals surface area contributed by atoms with Crippen LogP contribution in [0.25, 0.3) is 17.0 Å². The minimum Gasteiger partial charge on any atom is -0.405 e. The second-order valence-electron chi connectivity index (χ2n) is 9.46. The SMILES string of the molecule is O=C(NCc1ccnc(Cl)c1)n1c2c(c3c(OC(F)(F)F)cccc31)CN(CC=Cc1ccc(C(F)(F)F)cn1)CC2. The smallest absolute Gasteiger partial charge is 0.405 e. The number of hydrogen-bond donors (Lipinski definition) is 1. The normalized spacial score (nSPS) is 14.4. The Bertz CT molecular complexity index is 1630. The van der Waals surface area contributed by atoms with Crippen molar-refractivity contribution in [3.63, 3.8) is 0 Å². The standard InChI is InChI=1S/C28H22ClF6N5O2/c29-24-13-17(8-10-36-24)14-38-26(41)40-21-9-12-39(11-2-3-19-7-6-18(15-37-19)27(30,31)32)16-20(21)25-22(40)4-1-5-23(25)42-28(33,34)35/h1-8,10,13,15H,9,11-12,14,16H2,(H,38,41). The highest BCUT2D eigenvalue weighted by atomic mass is 35.5. The molecule has 0 radical (unpaired) electrons. The van der Waals surface area contributed by atoms with E-state index in [0.29, 0.717) is 42.0 Å². The molecule has 14 heteroatoms. The van der Waals surface area contributed by atoms with Gasteiger partial charge < -0.3 is 10.1 Å². The molecule has 1 aliphatic rings. The fourth-order valence-corrected chi connectivity index (χ4v) is 5.03. The molecule has 0 bridgehead atoms. The van der Waals surface area contributed by atoms with Crippen LogP contribution in [0.4, 0.5) is 31.1 Å². The topological polar surface area (TPSA) is 72.3 Å². The van der Waals surface area contributed by atoms with Gasteiger partial charge in [-0.25, -0.2) is 9.78 Å². The first kappa shape index (κ1) is 29.4. The molecule has 0 unspecified atom stereocenters. The van der Waals surface area contributed by atoms with Crippen molar-refractivity contribution in [3.05, 3.63) is 94.2 Å². The summed E-state index contributed by atoms with van der Waals surface area (Å²) in [6.07, 6.45) is -3.58. The summed E-state index contributed by atoms with van der Waals surface area (Å²) in [7, 11) is 0. The quantitative estimate of drug-likeness (QED) is 0.192. The van der Waals surface area contributed by atoms with Crippen LogP contribution in [0.1, 0.15) is 28.1 Å². The van der Waals surface area contributed by atoms with Crippen LogP contribution in [-0.2, 0) is 25.7 Å². The van der Waals surface area contributed by atoms with Gasteiger partial charge in [-0.2, -0.15) is 13.2 Å². The third-order valence-corrected chi connectivity index (χ3v) is 6.85. The summed E-state index contributed by atoms with van der Waals surface area (Å²) in [5.74, 6) is -0.421. The van der Waals surface area contributed by atoms with Gasteiger partial charge in [0.2, 0.25) is 0 Å². The van der Waals surface area contributed by atoms with Crippen LogP contribution in [0, 0.1) is 0 Å². The number of nitrogens with one attached hydrogen (secondary N) is 1. The van der Waals surface area contributed by atoms with Gasteiger partial charge in [0.1, 0.15) is 10.9 Å². The summed E-state index contributed by atoms with van der Waals surface area (Å²) >= 11 is 5.92. The van der Waals surface area contributed by atoms with Gasteiger partial charge in [0.25, 0.3) is 0 Å². The molecule has 0 saturated carbocycles. The average molecular weight is 610 g/mol. The number of carbonyl (C=O) groups is 1. The monoisotopic (exact) mass is 609 g/mol. The molecule has 1 amide bonds. The van der Waals surface area contributed by atoms with Crippen LogP contribution in [0.3, 0.4) is 0 Å². The number of ether oxygens (including phenoxy) is 1. The van der Waals surface area contributed by atoms with Crippen LogP contribution in [0.15, 0.2) is 60.9 Å². The van der Waals surface area contributed by atoms with Crippen molar-refractivity contribution in [3.8, 4) is 5.75 Å². The highest BCUT2D eigenvalue weighted by Gasteiger charge is 2.35. The summed E-state index contributed by atoms with van der Waals surface area (Å²) in [6.45, 7) is 1.13. The molecule has 1 aromatic carbocycles. The lowest BCUT2D eigenvalue weighted by Crippen LogP contribution is -2.34. The Morgan fingerprint density at radius 3 is 2.60 bits per heavy atom. The fraction of sp³-hybridized carbons (Fsp3) is 0.250. The number of carbonyl (C=O) groups excluding carboxylic acids is 1. The number of rotatable bonds is 6. The zero-order chi connectivity index (χ0) is 30.1. The number of fused-ring (bicyclic) bond motifs is 3. The van der Waals surface area contributed by atoms with E-state index < -0.39 is 29.9 Å².